The van der Waals surface area contributed by atoms with Gasteiger partial charge in [0.15, 0.2) is 15.5 Å². The fourth-order valence-corrected chi connectivity index (χ4v) is 3.82. The minimum Gasteiger partial charge on any atom is -0.309 e. The SMILES string of the molecule is CCn1c(-c2ccccc2S(=O)(=O)CC)nc2cc(C(F)F)cnc21. The number of fused-ring (bicyclic) bond motifs is 1. The second-order valence-electron chi connectivity index (χ2n) is 5.49. The molecule has 25 heavy (non-hydrogen) atoms. The minimum absolute atomic E-state index is 0.0376. The van der Waals surface area contributed by atoms with E-state index in [1.807, 2.05) is 6.92 Å². The maximum absolute atomic E-state index is 12.9. The second kappa shape index (κ2) is 6.51. The molecule has 0 N–H and O–H groups in total. The van der Waals surface area contributed by atoms with Crippen LogP contribution in [0.15, 0.2) is 41.4 Å². The molecule has 0 spiro atoms. The lowest BCUT2D eigenvalue weighted by atomic mass is 10.2. The van der Waals surface area contributed by atoms with E-state index in [2.05, 4.69) is 9.97 Å². The first-order valence-corrected chi connectivity index (χ1v) is 9.50. The van der Waals surface area contributed by atoms with Crippen molar-refractivity contribution in [3.63, 3.8) is 0 Å². The van der Waals surface area contributed by atoms with Crippen LogP contribution in [-0.4, -0.2) is 28.7 Å². The van der Waals surface area contributed by atoms with Crippen LogP contribution < -0.4 is 0 Å². The molecule has 0 saturated heterocycles. The largest absolute Gasteiger partial charge is 0.309 e. The molecule has 1 aromatic carbocycles. The third-order valence-electron chi connectivity index (χ3n) is 4.02. The molecule has 8 heteroatoms. The van der Waals surface area contributed by atoms with E-state index >= 15 is 0 Å². The number of rotatable bonds is 5. The molecule has 3 rings (SSSR count). The number of imidazole rings is 1. The molecule has 2 aromatic heterocycles. The number of hydrogen-bond acceptors (Lipinski definition) is 4. The number of halogens is 2. The molecule has 5 nitrogen and oxygen atoms in total. The number of benzene rings is 1. The van der Waals surface area contributed by atoms with Gasteiger partial charge >= 0.3 is 0 Å². The van der Waals surface area contributed by atoms with Crippen LogP contribution >= 0.6 is 0 Å². The van der Waals surface area contributed by atoms with E-state index in [0.29, 0.717) is 29.1 Å². The highest BCUT2D eigenvalue weighted by Crippen LogP contribution is 2.31. The van der Waals surface area contributed by atoms with Crippen molar-refractivity contribution in [1.82, 2.24) is 14.5 Å². The van der Waals surface area contributed by atoms with E-state index in [9.17, 15) is 17.2 Å². The number of pyridine rings is 1. The molecule has 0 fully saturated rings. The maximum Gasteiger partial charge on any atom is 0.265 e. The van der Waals surface area contributed by atoms with Gasteiger partial charge in [-0.05, 0) is 25.1 Å². The summed E-state index contributed by atoms with van der Waals surface area (Å²) in [6.45, 7) is 3.92. The van der Waals surface area contributed by atoms with Crippen LogP contribution in [0.2, 0.25) is 0 Å². The number of nitrogens with zero attached hydrogens (tertiary/aromatic N) is 3. The number of hydrogen-bond donors (Lipinski definition) is 0. The zero-order chi connectivity index (χ0) is 18.2. The zero-order valence-corrected chi connectivity index (χ0v) is 14.6. The first kappa shape index (κ1) is 17.5. The summed E-state index contributed by atoms with van der Waals surface area (Å²) in [5, 5.41) is 0. The van der Waals surface area contributed by atoms with Crippen molar-refractivity contribution in [3.05, 3.63) is 42.1 Å². The van der Waals surface area contributed by atoms with Gasteiger partial charge in [-0.25, -0.2) is 27.2 Å². The summed E-state index contributed by atoms with van der Waals surface area (Å²) in [7, 11) is -3.45. The van der Waals surface area contributed by atoms with E-state index < -0.39 is 16.3 Å². The smallest absolute Gasteiger partial charge is 0.265 e. The van der Waals surface area contributed by atoms with E-state index in [1.165, 1.54) is 12.1 Å². The lowest BCUT2D eigenvalue weighted by molar-refractivity contribution is 0.151. The van der Waals surface area contributed by atoms with Gasteiger partial charge in [0, 0.05) is 23.9 Å². The molecule has 0 bridgehead atoms. The molecule has 0 unspecified atom stereocenters. The van der Waals surface area contributed by atoms with Gasteiger partial charge in [0.2, 0.25) is 0 Å². The lowest BCUT2D eigenvalue weighted by Crippen LogP contribution is -2.07. The van der Waals surface area contributed by atoms with Gasteiger partial charge < -0.3 is 4.57 Å². The quantitative estimate of drug-likeness (QED) is 0.689. The van der Waals surface area contributed by atoms with Crippen molar-refractivity contribution in [1.29, 1.82) is 0 Å². The molecule has 132 valence electrons. The van der Waals surface area contributed by atoms with Crippen LogP contribution in [0.5, 0.6) is 0 Å². The Hall–Kier alpha value is -2.35. The molecule has 0 atom stereocenters. The Morgan fingerprint density at radius 1 is 1.20 bits per heavy atom. The zero-order valence-electron chi connectivity index (χ0n) is 13.8. The molecule has 0 radical (unpaired) electrons. The summed E-state index contributed by atoms with van der Waals surface area (Å²) in [5.41, 5.74) is 1.00. The first-order valence-electron chi connectivity index (χ1n) is 7.85. The Labute approximate surface area is 144 Å². The standard InChI is InChI=1S/C17H17F2N3O2S/c1-3-22-16(12-7-5-6-8-14(12)25(23,24)4-2)21-13-9-11(15(18)19)10-20-17(13)22/h5-10,15H,3-4H2,1-2H3. The summed E-state index contributed by atoms with van der Waals surface area (Å²) in [6.07, 6.45) is -1.51. The highest BCUT2D eigenvalue weighted by Gasteiger charge is 2.22. The molecular weight excluding hydrogens is 348 g/mol. The lowest BCUT2D eigenvalue weighted by Gasteiger charge is -2.10. The third kappa shape index (κ3) is 3.02. The van der Waals surface area contributed by atoms with Gasteiger partial charge in [0.1, 0.15) is 11.3 Å². The van der Waals surface area contributed by atoms with Gasteiger partial charge in [0.05, 0.1) is 10.6 Å². The predicted molar refractivity (Wildman–Crippen MR) is 91.3 cm³/mol. The molecule has 0 amide bonds. The monoisotopic (exact) mass is 365 g/mol. The van der Waals surface area contributed by atoms with Crippen molar-refractivity contribution >= 4 is 21.0 Å². The average Bonchev–Trinajstić information content (AvgIpc) is 2.99. The Balaban J connectivity index is 2.30. The Morgan fingerprint density at radius 2 is 1.92 bits per heavy atom. The average molecular weight is 365 g/mol. The Morgan fingerprint density at radius 3 is 2.56 bits per heavy atom. The van der Waals surface area contributed by atoms with Crippen molar-refractivity contribution in [2.45, 2.75) is 31.7 Å². The molecule has 0 saturated carbocycles. The van der Waals surface area contributed by atoms with Crippen LogP contribution in [-0.2, 0) is 16.4 Å². The van der Waals surface area contributed by atoms with Crippen LogP contribution in [0.3, 0.4) is 0 Å². The number of sulfone groups is 1. The van der Waals surface area contributed by atoms with Crippen LogP contribution in [0, 0.1) is 0 Å². The molecule has 0 aliphatic carbocycles. The summed E-state index contributed by atoms with van der Waals surface area (Å²) in [5.74, 6) is 0.369. The van der Waals surface area contributed by atoms with Gasteiger partial charge in [-0.15, -0.1) is 0 Å². The molecular formula is C17H17F2N3O2S. The van der Waals surface area contributed by atoms with Crippen LogP contribution in [0.25, 0.3) is 22.6 Å². The van der Waals surface area contributed by atoms with Crippen LogP contribution in [0.1, 0.15) is 25.8 Å². The molecule has 0 aliphatic rings. The van der Waals surface area contributed by atoms with E-state index in [1.54, 1.807) is 29.7 Å². The highest BCUT2D eigenvalue weighted by atomic mass is 32.2. The predicted octanol–water partition coefficient (Wildman–Crippen LogP) is 3.85. The Bertz CT molecular complexity index is 1030. The summed E-state index contributed by atoms with van der Waals surface area (Å²) >= 11 is 0. The summed E-state index contributed by atoms with van der Waals surface area (Å²) in [4.78, 5) is 8.69. The topological polar surface area (TPSA) is 64.8 Å². The fraction of sp³-hybridized carbons (Fsp3) is 0.294. The first-order chi connectivity index (χ1) is 11.9. The van der Waals surface area contributed by atoms with E-state index in [0.717, 1.165) is 6.20 Å². The van der Waals surface area contributed by atoms with Crippen molar-refractivity contribution in [2.24, 2.45) is 0 Å². The second-order valence-corrected chi connectivity index (χ2v) is 7.74. The van der Waals surface area contributed by atoms with E-state index in [4.69, 9.17) is 0 Å². The van der Waals surface area contributed by atoms with Gasteiger partial charge in [-0.2, -0.15) is 0 Å². The molecule has 3 aromatic rings. The van der Waals surface area contributed by atoms with Gasteiger partial charge in [-0.3, -0.25) is 0 Å². The van der Waals surface area contributed by atoms with Crippen molar-refractivity contribution in [2.75, 3.05) is 5.75 Å². The highest BCUT2D eigenvalue weighted by molar-refractivity contribution is 7.91. The fourth-order valence-electron chi connectivity index (χ4n) is 2.73. The van der Waals surface area contributed by atoms with Crippen molar-refractivity contribution in [3.8, 4) is 11.4 Å². The van der Waals surface area contributed by atoms with Crippen LogP contribution in [0.4, 0.5) is 8.78 Å². The maximum atomic E-state index is 12.9. The van der Waals surface area contributed by atoms with Crippen molar-refractivity contribution < 1.29 is 17.2 Å². The molecule has 2 heterocycles. The third-order valence-corrected chi connectivity index (χ3v) is 5.80. The minimum atomic E-state index is -3.45. The summed E-state index contributed by atoms with van der Waals surface area (Å²) < 4.78 is 52.4. The van der Waals surface area contributed by atoms with E-state index in [-0.39, 0.29) is 16.2 Å². The van der Waals surface area contributed by atoms with Gasteiger partial charge in [-0.1, -0.05) is 19.1 Å². The van der Waals surface area contributed by atoms with Gasteiger partial charge in [0.25, 0.3) is 6.43 Å². The summed E-state index contributed by atoms with van der Waals surface area (Å²) in [6, 6.07) is 7.87. The molecule has 0 aliphatic heterocycles. The Kier molecular flexibility index (Phi) is 4.55. The normalized spacial score (nSPS) is 12.2. The number of aromatic nitrogens is 3. The number of alkyl halides is 2. The number of aryl methyl sites for hydroxylation is 1.